The topological polar surface area (TPSA) is 29.9 Å². The predicted octanol–water partition coefficient (Wildman–Crippen LogP) is 2.40. The van der Waals surface area contributed by atoms with E-state index < -0.39 is 0 Å². The van der Waals surface area contributed by atoms with Gasteiger partial charge in [0, 0.05) is 11.7 Å². The van der Waals surface area contributed by atoms with E-state index in [9.17, 15) is 0 Å². The van der Waals surface area contributed by atoms with Crippen molar-refractivity contribution in [3.63, 3.8) is 0 Å². The van der Waals surface area contributed by atoms with Crippen LogP contribution in [0.4, 0.5) is 0 Å². The monoisotopic (exact) mass is 223 g/mol. The van der Waals surface area contributed by atoms with Crippen molar-refractivity contribution in [2.75, 3.05) is 7.05 Å². The zero-order chi connectivity index (χ0) is 12.0. The van der Waals surface area contributed by atoms with Crippen molar-refractivity contribution < 1.29 is 0 Å². The number of hydrogen-bond acceptors (Lipinski definition) is 2. The molecule has 0 fully saturated rings. The molecule has 0 radical (unpaired) electrons. The maximum Gasteiger partial charge on any atom is 0.0624 e. The molecule has 1 rings (SSSR count). The summed E-state index contributed by atoms with van der Waals surface area (Å²) < 4.78 is 2.18. The first-order valence-corrected chi connectivity index (χ1v) is 6.47. The number of aromatic nitrogens is 2. The summed E-state index contributed by atoms with van der Waals surface area (Å²) in [5.41, 5.74) is 2.57. The molecule has 1 aromatic rings. The van der Waals surface area contributed by atoms with E-state index in [4.69, 9.17) is 0 Å². The minimum atomic E-state index is 0.542. The molecule has 1 heterocycles. The Morgan fingerprint density at radius 2 is 2.06 bits per heavy atom. The molecule has 0 amide bonds. The summed E-state index contributed by atoms with van der Waals surface area (Å²) in [5, 5.41) is 8.02. The minimum Gasteiger partial charge on any atom is -0.315 e. The van der Waals surface area contributed by atoms with Gasteiger partial charge in [-0.05, 0) is 32.4 Å². The molecular weight excluding hydrogens is 198 g/mol. The molecule has 16 heavy (non-hydrogen) atoms. The van der Waals surface area contributed by atoms with Crippen molar-refractivity contribution in [3.8, 4) is 0 Å². The van der Waals surface area contributed by atoms with Crippen LogP contribution in [0.1, 0.15) is 45.0 Å². The summed E-state index contributed by atoms with van der Waals surface area (Å²) in [5.74, 6) is 0. The third kappa shape index (κ3) is 3.34. The maximum atomic E-state index is 4.65. The quantitative estimate of drug-likeness (QED) is 0.769. The molecule has 1 atom stereocenters. The van der Waals surface area contributed by atoms with Gasteiger partial charge in [0.15, 0.2) is 0 Å². The fraction of sp³-hybridized carbons (Fsp3) is 0.769. The molecule has 0 bridgehead atoms. The number of rotatable bonds is 7. The fourth-order valence-corrected chi connectivity index (χ4v) is 2.01. The zero-order valence-corrected chi connectivity index (χ0v) is 11.1. The van der Waals surface area contributed by atoms with E-state index in [0.29, 0.717) is 6.04 Å². The first kappa shape index (κ1) is 13.2. The van der Waals surface area contributed by atoms with Crippen LogP contribution < -0.4 is 5.32 Å². The summed E-state index contributed by atoms with van der Waals surface area (Å²) in [6.07, 6.45) is 4.52. The van der Waals surface area contributed by atoms with E-state index >= 15 is 0 Å². The third-order valence-electron chi connectivity index (χ3n) is 3.08. The Morgan fingerprint density at radius 1 is 1.31 bits per heavy atom. The molecule has 0 aliphatic rings. The summed E-state index contributed by atoms with van der Waals surface area (Å²) in [7, 11) is 2.04. The van der Waals surface area contributed by atoms with Crippen molar-refractivity contribution in [2.24, 2.45) is 0 Å². The molecule has 0 saturated heterocycles. The number of likely N-dealkylation sites (N-methyl/N-ethyl adjacent to an activating group) is 1. The van der Waals surface area contributed by atoms with E-state index in [1.54, 1.807) is 0 Å². The van der Waals surface area contributed by atoms with Crippen LogP contribution in [0.2, 0.25) is 0 Å². The standard InChI is InChI=1S/C13H25N3/c1-5-8-12(14-4)10-16-13(7-3)9-11(6-2)15-16/h9,12,14H,5-8,10H2,1-4H3. The van der Waals surface area contributed by atoms with Crippen LogP contribution >= 0.6 is 0 Å². The highest BCUT2D eigenvalue weighted by Crippen LogP contribution is 2.09. The average Bonchev–Trinajstić information content (AvgIpc) is 2.70. The largest absolute Gasteiger partial charge is 0.315 e. The summed E-state index contributed by atoms with van der Waals surface area (Å²) >= 11 is 0. The zero-order valence-electron chi connectivity index (χ0n) is 11.1. The van der Waals surface area contributed by atoms with Gasteiger partial charge in [0.2, 0.25) is 0 Å². The lowest BCUT2D eigenvalue weighted by Crippen LogP contribution is -2.31. The Balaban J connectivity index is 2.73. The van der Waals surface area contributed by atoms with E-state index in [2.05, 4.69) is 41.9 Å². The van der Waals surface area contributed by atoms with Gasteiger partial charge in [0.25, 0.3) is 0 Å². The van der Waals surface area contributed by atoms with E-state index in [0.717, 1.165) is 19.4 Å². The average molecular weight is 223 g/mol. The van der Waals surface area contributed by atoms with Crippen molar-refractivity contribution >= 4 is 0 Å². The summed E-state index contributed by atoms with van der Waals surface area (Å²) in [6.45, 7) is 7.58. The molecule has 0 aliphatic heterocycles. The van der Waals surface area contributed by atoms with Gasteiger partial charge in [-0.15, -0.1) is 0 Å². The molecule has 0 spiro atoms. The van der Waals surface area contributed by atoms with Crippen molar-refractivity contribution in [1.29, 1.82) is 0 Å². The second-order valence-corrected chi connectivity index (χ2v) is 4.29. The SMILES string of the molecule is CCCC(Cn1nc(CC)cc1CC)NC. The highest BCUT2D eigenvalue weighted by molar-refractivity contribution is 5.10. The van der Waals surface area contributed by atoms with Crippen LogP contribution in [-0.4, -0.2) is 22.9 Å². The fourth-order valence-electron chi connectivity index (χ4n) is 2.01. The van der Waals surface area contributed by atoms with Gasteiger partial charge in [-0.1, -0.05) is 27.2 Å². The second kappa shape index (κ2) is 6.69. The van der Waals surface area contributed by atoms with E-state index in [1.165, 1.54) is 24.2 Å². The molecule has 1 aromatic heterocycles. The summed E-state index contributed by atoms with van der Waals surface area (Å²) in [4.78, 5) is 0. The molecule has 3 nitrogen and oxygen atoms in total. The minimum absolute atomic E-state index is 0.542. The van der Waals surface area contributed by atoms with Crippen molar-refractivity contribution in [1.82, 2.24) is 15.1 Å². The van der Waals surface area contributed by atoms with E-state index in [-0.39, 0.29) is 0 Å². The van der Waals surface area contributed by atoms with Gasteiger partial charge in [0.1, 0.15) is 0 Å². The van der Waals surface area contributed by atoms with E-state index in [1.807, 2.05) is 7.05 Å². The van der Waals surface area contributed by atoms with Crippen molar-refractivity contribution in [3.05, 3.63) is 17.5 Å². The van der Waals surface area contributed by atoms with Crippen LogP contribution in [0.25, 0.3) is 0 Å². The molecule has 1 N–H and O–H groups in total. The Bertz CT molecular complexity index is 304. The normalized spacial score (nSPS) is 13.0. The smallest absolute Gasteiger partial charge is 0.0624 e. The van der Waals surface area contributed by atoms with Gasteiger partial charge in [-0.25, -0.2) is 0 Å². The Hall–Kier alpha value is -0.830. The molecule has 0 saturated carbocycles. The van der Waals surface area contributed by atoms with Gasteiger partial charge in [-0.3, -0.25) is 4.68 Å². The Labute approximate surface area is 99.2 Å². The van der Waals surface area contributed by atoms with Crippen LogP contribution in [-0.2, 0) is 19.4 Å². The number of aryl methyl sites for hydroxylation is 2. The van der Waals surface area contributed by atoms with Gasteiger partial charge in [0.05, 0.1) is 12.2 Å². The first-order chi connectivity index (χ1) is 7.74. The van der Waals surface area contributed by atoms with Crippen LogP contribution in [0, 0.1) is 0 Å². The molecule has 0 aromatic carbocycles. The highest BCUT2D eigenvalue weighted by atomic mass is 15.3. The molecular formula is C13H25N3. The van der Waals surface area contributed by atoms with Crippen LogP contribution in [0.15, 0.2) is 6.07 Å². The maximum absolute atomic E-state index is 4.65. The molecule has 0 aliphatic carbocycles. The summed E-state index contributed by atoms with van der Waals surface area (Å²) in [6, 6.07) is 2.78. The van der Waals surface area contributed by atoms with Gasteiger partial charge < -0.3 is 5.32 Å². The lowest BCUT2D eigenvalue weighted by Gasteiger charge is -2.16. The first-order valence-electron chi connectivity index (χ1n) is 6.47. The van der Waals surface area contributed by atoms with Crippen molar-refractivity contribution in [2.45, 2.75) is 59.0 Å². The van der Waals surface area contributed by atoms with Gasteiger partial charge in [-0.2, -0.15) is 5.10 Å². The van der Waals surface area contributed by atoms with Gasteiger partial charge >= 0.3 is 0 Å². The van der Waals surface area contributed by atoms with Crippen LogP contribution in [0.3, 0.4) is 0 Å². The Kier molecular flexibility index (Phi) is 5.53. The number of nitrogens with zero attached hydrogens (tertiary/aromatic N) is 2. The van der Waals surface area contributed by atoms with Crippen LogP contribution in [0.5, 0.6) is 0 Å². The number of nitrogens with one attached hydrogen (secondary N) is 1. The second-order valence-electron chi connectivity index (χ2n) is 4.29. The lowest BCUT2D eigenvalue weighted by molar-refractivity contribution is 0.417. The Morgan fingerprint density at radius 3 is 2.56 bits per heavy atom. The molecule has 92 valence electrons. The molecule has 3 heteroatoms. The lowest BCUT2D eigenvalue weighted by atomic mass is 10.1. The number of hydrogen-bond donors (Lipinski definition) is 1. The predicted molar refractivity (Wildman–Crippen MR) is 68.7 cm³/mol. The third-order valence-corrected chi connectivity index (χ3v) is 3.08. The highest BCUT2D eigenvalue weighted by Gasteiger charge is 2.10. The molecule has 1 unspecified atom stereocenters.